The molecular weight excluding hydrogens is 269 g/mol. The molecule has 0 bridgehead atoms. The Morgan fingerprint density at radius 1 is 1.26 bits per heavy atom. The van der Waals surface area contributed by atoms with Crippen LogP contribution in [-0.4, -0.2) is 5.91 Å². The molecule has 2 aromatic rings. The van der Waals surface area contributed by atoms with Crippen LogP contribution < -0.4 is 10.5 Å². The summed E-state index contributed by atoms with van der Waals surface area (Å²) in [6.45, 7) is 0.0381. The number of hydrogen-bond acceptors (Lipinski definition) is 2. The molecule has 2 N–H and O–H groups in total. The average Bonchev–Trinajstić information content (AvgIpc) is 2.38. The van der Waals surface area contributed by atoms with E-state index in [1.54, 1.807) is 24.3 Å². The topological polar surface area (TPSA) is 52.3 Å². The summed E-state index contributed by atoms with van der Waals surface area (Å²) in [4.78, 5) is 11.3. The van der Waals surface area contributed by atoms with Crippen molar-refractivity contribution in [3.63, 3.8) is 0 Å². The van der Waals surface area contributed by atoms with Crippen molar-refractivity contribution in [2.75, 3.05) is 0 Å². The van der Waals surface area contributed by atoms with Gasteiger partial charge >= 0.3 is 0 Å². The molecule has 0 unspecified atom stereocenters. The molecule has 5 heteroatoms. The predicted molar refractivity (Wildman–Crippen MR) is 70.7 cm³/mol. The summed E-state index contributed by atoms with van der Waals surface area (Å²) >= 11 is 5.79. The number of para-hydroxylation sites is 1. The van der Waals surface area contributed by atoms with Gasteiger partial charge in [-0.2, -0.15) is 0 Å². The van der Waals surface area contributed by atoms with Gasteiger partial charge in [-0.3, -0.25) is 4.79 Å². The van der Waals surface area contributed by atoms with Gasteiger partial charge in [0.25, 0.3) is 0 Å². The zero-order chi connectivity index (χ0) is 13.8. The molecule has 0 aliphatic rings. The molecule has 0 fully saturated rings. The molecule has 2 rings (SSSR count). The van der Waals surface area contributed by atoms with Gasteiger partial charge in [0.15, 0.2) is 11.6 Å². The normalized spacial score (nSPS) is 10.2. The maximum Gasteiger partial charge on any atom is 0.249 e. The van der Waals surface area contributed by atoms with E-state index in [0.29, 0.717) is 10.6 Å². The van der Waals surface area contributed by atoms with Crippen LogP contribution >= 0.6 is 11.6 Å². The average molecular weight is 280 g/mol. The summed E-state index contributed by atoms with van der Waals surface area (Å²) < 4.78 is 18.7. The van der Waals surface area contributed by atoms with Gasteiger partial charge in [-0.15, -0.1) is 0 Å². The predicted octanol–water partition coefficient (Wildman–Crippen LogP) is 3.16. The van der Waals surface area contributed by atoms with Gasteiger partial charge in [0, 0.05) is 16.1 Å². The Hall–Kier alpha value is -2.07. The molecule has 0 aliphatic carbocycles. The van der Waals surface area contributed by atoms with Crippen molar-refractivity contribution < 1.29 is 13.9 Å². The van der Waals surface area contributed by atoms with Crippen molar-refractivity contribution in [3.05, 3.63) is 64.4 Å². The highest BCUT2D eigenvalue weighted by molar-refractivity contribution is 6.31. The van der Waals surface area contributed by atoms with Crippen LogP contribution in [-0.2, 0) is 6.61 Å². The number of nitrogens with two attached hydrogens (primary N) is 1. The van der Waals surface area contributed by atoms with Crippen molar-refractivity contribution in [3.8, 4) is 5.75 Å². The molecular formula is C14H11ClFNO2. The fourth-order valence-corrected chi connectivity index (χ4v) is 1.79. The monoisotopic (exact) mass is 279 g/mol. The van der Waals surface area contributed by atoms with Crippen LogP contribution in [0.15, 0.2) is 42.5 Å². The summed E-state index contributed by atoms with van der Waals surface area (Å²) in [6.07, 6.45) is 0. The van der Waals surface area contributed by atoms with Gasteiger partial charge in [-0.1, -0.05) is 29.8 Å². The van der Waals surface area contributed by atoms with Crippen LogP contribution in [0.25, 0.3) is 0 Å². The minimum absolute atomic E-state index is 0.0381. The molecule has 0 radical (unpaired) electrons. The smallest absolute Gasteiger partial charge is 0.249 e. The molecule has 0 aromatic heterocycles. The number of carbonyl (C=O) groups excluding carboxylic acids is 1. The Morgan fingerprint density at radius 2 is 2.00 bits per heavy atom. The number of rotatable bonds is 4. The number of ether oxygens (including phenoxy) is 1. The van der Waals surface area contributed by atoms with Crippen molar-refractivity contribution in [1.29, 1.82) is 0 Å². The van der Waals surface area contributed by atoms with Gasteiger partial charge < -0.3 is 10.5 Å². The van der Waals surface area contributed by atoms with E-state index >= 15 is 0 Å². The molecule has 0 saturated heterocycles. The maximum atomic E-state index is 13.4. The molecule has 0 heterocycles. The summed E-state index contributed by atoms with van der Waals surface area (Å²) in [5.74, 6) is -0.945. The van der Waals surface area contributed by atoms with Gasteiger partial charge in [0.1, 0.15) is 6.61 Å². The Balaban J connectivity index is 2.20. The molecule has 2 aromatic carbocycles. The third kappa shape index (κ3) is 3.23. The van der Waals surface area contributed by atoms with Crippen molar-refractivity contribution >= 4 is 17.5 Å². The number of halogens is 2. The van der Waals surface area contributed by atoms with Crippen molar-refractivity contribution in [2.45, 2.75) is 6.61 Å². The van der Waals surface area contributed by atoms with E-state index in [1.165, 1.54) is 18.2 Å². The highest BCUT2D eigenvalue weighted by atomic mass is 35.5. The van der Waals surface area contributed by atoms with Crippen LogP contribution in [0.5, 0.6) is 5.75 Å². The highest BCUT2D eigenvalue weighted by Gasteiger charge is 2.10. The van der Waals surface area contributed by atoms with Gasteiger partial charge in [0.05, 0.1) is 0 Å². The minimum atomic E-state index is -0.602. The van der Waals surface area contributed by atoms with Crippen LogP contribution in [0.2, 0.25) is 5.02 Å². The lowest BCUT2D eigenvalue weighted by Crippen LogP contribution is -2.15. The van der Waals surface area contributed by atoms with Crippen LogP contribution in [0.4, 0.5) is 4.39 Å². The molecule has 0 aliphatic heterocycles. The molecule has 0 saturated carbocycles. The number of primary amides is 1. The second kappa shape index (κ2) is 5.71. The summed E-state index contributed by atoms with van der Waals surface area (Å²) in [5, 5.41) is 0.406. The summed E-state index contributed by atoms with van der Waals surface area (Å²) in [7, 11) is 0. The lowest BCUT2D eigenvalue weighted by Gasteiger charge is -2.10. The third-order valence-electron chi connectivity index (χ3n) is 2.56. The SMILES string of the molecule is NC(=O)c1cc(Cl)ccc1COc1ccccc1F. The Kier molecular flexibility index (Phi) is 4.02. The fraction of sp³-hybridized carbons (Fsp3) is 0.0714. The van der Waals surface area contributed by atoms with Crippen molar-refractivity contribution in [2.24, 2.45) is 5.73 Å². The van der Waals surface area contributed by atoms with E-state index in [9.17, 15) is 9.18 Å². The second-order valence-corrected chi connectivity index (χ2v) is 4.32. The van der Waals surface area contributed by atoms with E-state index in [4.69, 9.17) is 22.1 Å². The first-order chi connectivity index (χ1) is 9.08. The minimum Gasteiger partial charge on any atom is -0.486 e. The molecule has 0 spiro atoms. The lowest BCUT2D eigenvalue weighted by atomic mass is 10.1. The maximum absolute atomic E-state index is 13.4. The first-order valence-corrected chi connectivity index (χ1v) is 5.91. The van der Waals surface area contributed by atoms with Gasteiger partial charge in [-0.25, -0.2) is 4.39 Å². The van der Waals surface area contributed by atoms with E-state index in [0.717, 1.165) is 0 Å². The number of amides is 1. The Bertz CT molecular complexity index is 616. The fourth-order valence-electron chi connectivity index (χ4n) is 1.62. The largest absolute Gasteiger partial charge is 0.486 e. The first-order valence-electron chi connectivity index (χ1n) is 5.53. The van der Waals surface area contributed by atoms with Crippen molar-refractivity contribution in [1.82, 2.24) is 0 Å². The molecule has 19 heavy (non-hydrogen) atoms. The zero-order valence-electron chi connectivity index (χ0n) is 9.90. The Labute approximate surface area is 114 Å². The van der Waals surface area contributed by atoms with E-state index < -0.39 is 11.7 Å². The zero-order valence-corrected chi connectivity index (χ0v) is 10.7. The van der Waals surface area contributed by atoms with Crippen LogP contribution in [0.1, 0.15) is 15.9 Å². The van der Waals surface area contributed by atoms with Crippen LogP contribution in [0.3, 0.4) is 0 Å². The van der Waals surface area contributed by atoms with E-state index in [-0.39, 0.29) is 17.9 Å². The first kappa shape index (κ1) is 13.4. The third-order valence-corrected chi connectivity index (χ3v) is 2.79. The number of carbonyl (C=O) groups is 1. The molecule has 0 atom stereocenters. The molecule has 3 nitrogen and oxygen atoms in total. The van der Waals surface area contributed by atoms with E-state index in [1.807, 2.05) is 0 Å². The second-order valence-electron chi connectivity index (χ2n) is 3.88. The Morgan fingerprint density at radius 3 is 2.68 bits per heavy atom. The van der Waals surface area contributed by atoms with E-state index in [2.05, 4.69) is 0 Å². The van der Waals surface area contributed by atoms with Crippen LogP contribution in [0, 0.1) is 5.82 Å². The lowest BCUT2D eigenvalue weighted by molar-refractivity contribution is 0.0998. The highest BCUT2D eigenvalue weighted by Crippen LogP contribution is 2.20. The van der Waals surface area contributed by atoms with Gasteiger partial charge in [0.2, 0.25) is 5.91 Å². The summed E-state index contributed by atoms with van der Waals surface area (Å²) in [6, 6.07) is 10.7. The van der Waals surface area contributed by atoms with Gasteiger partial charge in [-0.05, 0) is 24.3 Å². The molecule has 1 amide bonds. The number of hydrogen-bond donors (Lipinski definition) is 1. The molecule has 98 valence electrons. The standard InChI is InChI=1S/C14H11ClFNO2/c15-10-6-5-9(11(7-10)14(17)18)8-19-13-4-2-1-3-12(13)16/h1-7H,8H2,(H2,17,18). The quantitative estimate of drug-likeness (QED) is 0.935. The number of benzene rings is 2. The summed E-state index contributed by atoms with van der Waals surface area (Å²) in [5.41, 5.74) is 6.08.